The van der Waals surface area contributed by atoms with Crippen molar-refractivity contribution in [3.8, 4) is 0 Å². The Balaban J connectivity index is 1.61. The number of rotatable bonds is 7. The van der Waals surface area contributed by atoms with Crippen molar-refractivity contribution >= 4 is 17.7 Å². The minimum atomic E-state index is 0.289. The lowest BCUT2D eigenvalue weighted by Crippen LogP contribution is -2.59. The highest BCUT2D eigenvalue weighted by molar-refractivity contribution is 7.99. The molecule has 1 saturated heterocycles. The summed E-state index contributed by atoms with van der Waals surface area (Å²) in [4.78, 5) is 7.24. The molecule has 1 aromatic heterocycles. The van der Waals surface area contributed by atoms with E-state index < -0.39 is 0 Å². The van der Waals surface area contributed by atoms with Crippen molar-refractivity contribution in [3.63, 3.8) is 0 Å². The quantitative estimate of drug-likeness (QED) is 0.534. The molecule has 0 spiro atoms. The van der Waals surface area contributed by atoms with Crippen molar-refractivity contribution < 1.29 is 4.52 Å². The second-order valence-corrected chi connectivity index (χ2v) is 9.13. The van der Waals surface area contributed by atoms with Crippen LogP contribution in [-0.4, -0.2) is 59.7 Å². The normalized spacial score (nSPS) is 20.9. The third-order valence-electron chi connectivity index (χ3n) is 6.31. The molecule has 158 valence electrons. The predicted octanol–water partition coefficient (Wildman–Crippen LogP) is 3.22. The van der Waals surface area contributed by atoms with Crippen LogP contribution in [0.3, 0.4) is 0 Å². The van der Waals surface area contributed by atoms with Crippen LogP contribution in [0.2, 0.25) is 0 Å². The summed E-state index contributed by atoms with van der Waals surface area (Å²) in [6.45, 7) is 8.36. The molecule has 2 fully saturated rings. The lowest BCUT2D eigenvalue weighted by Gasteiger charge is -2.48. The molecule has 1 aromatic rings. The highest BCUT2D eigenvalue weighted by atomic mass is 32.2. The average molecular weight is 408 g/mol. The maximum atomic E-state index is 5.49. The molecule has 1 saturated carbocycles. The predicted molar refractivity (Wildman–Crippen MR) is 118 cm³/mol. The van der Waals surface area contributed by atoms with Crippen molar-refractivity contribution in [3.05, 3.63) is 17.0 Å². The van der Waals surface area contributed by atoms with Crippen LogP contribution in [0.25, 0.3) is 0 Å². The number of nitrogens with zero attached hydrogens (tertiary/aromatic N) is 3. The van der Waals surface area contributed by atoms with Gasteiger partial charge in [0, 0.05) is 62.3 Å². The summed E-state index contributed by atoms with van der Waals surface area (Å²) in [5, 5.41) is 11.4. The molecule has 2 heterocycles. The average Bonchev–Trinajstić information content (AvgIpc) is 3.17. The number of thioether (sulfide) groups is 1. The van der Waals surface area contributed by atoms with Crippen LogP contribution in [0.5, 0.6) is 0 Å². The third-order valence-corrected chi connectivity index (χ3v) is 7.26. The monoisotopic (exact) mass is 407 g/mol. The van der Waals surface area contributed by atoms with Gasteiger partial charge in [-0.3, -0.25) is 9.89 Å². The van der Waals surface area contributed by atoms with E-state index >= 15 is 0 Å². The van der Waals surface area contributed by atoms with Gasteiger partial charge in [0.05, 0.1) is 5.69 Å². The molecule has 0 radical (unpaired) electrons. The van der Waals surface area contributed by atoms with Gasteiger partial charge in [-0.25, -0.2) is 0 Å². The zero-order valence-corrected chi connectivity index (χ0v) is 18.7. The largest absolute Gasteiger partial charge is 0.361 e. The summed E-state index contributed by atoms with van der Waals surface area (Å²) in [7, 11) is 1.86. The van der Waals surface area contributed by atoms with E-state index in [1.165, 1.54) is 62.3 Å². The molecule has 1 aliphatic carbocycles. The second-order valence-electron chi connectivity index (χ2n) is 7.90. The van der Waals surface area contributed by atoms with E-state index in [2.05, 4.69) is 51.3 Å². The topological polar surface area (TPSA) is 65.7 Å². The fraction of sp³-hybridized carbons (Fsp3) is 0.810. The molecule has 2 N–H and O–H groups in total. The van der Waals surface area contributed by atoms with Gasteiger partial charge in [0.15, 0.2) is 5.96 Å². The smallest absolute Gasteiger partial charge is 0.191 e. The van der Waals surface area contributed by atoms with E-state index in [0.29, 0.717) is 6.54 Å². The van der Waals surface area contributed by atoms with Gasteiger partial charge in [-0.05, 0) is 19.3 Å². The number of aliphatic imine (C=N–C) groups is 1. The van der Waals surface area contributed by atoms with E-state index in [9.17, 15) is 0 Å². The summed E-state index contributed by atoms with van der Waals surface area (Å²) < 4.78 is 5.49. The van der Waals surface area contributed by atoms with Crippen LogP contribution in [0.4, 0.5) is 0 Å². The molecule has 7 heteroatoms. The minimum absolute atomic E-state index is 0.289. The molecule has 28 heavy (non-hydrogen) atoms. The lowest BCUT2D eigenvalue weighted by atomic mass is 9.80. The van der Waals surface area contributed by atoms with Crippen LogP contribution in [0.1, 0.15) is 63.0 Å². The Kier molecular flexibility index (Phi) is 8.09. The SMILES string of the molecule is CCc1noc(CC)c1CNC(=NC)NCC1(N2CCSCC2)CCCCC1. The number of guanidine groups is 1. The molecule has 0 bridgehead atoms. The Bertz CT molecular complexity index is 611. The lowest BCUT2D eigenvalue weighted by molar-refractivity contribution is 0.0626. The Morgan fingerprint density at radius 3 is 2.54 bits per heavy atom. The van der Waals surface area contributed by atoms with Gasteiger partial charge in [0.2, 0.25) is 0 Å². The molecular formula is C21H37N5OS. The van der Waals surface area contributed by atoms with Crippen molar-refractivity contribution in [1.29, 1.82) is 0 Å². The molecule has 6 nitrogen and oxygen atoms in total. The first kappa shape index (κ1) is 21.5. The van der Waals surface area contributed by atoms with E-state index in [1.54, 1.807) is 0 Å². The van der Waals surface area contributed by atoms with Crippen LogP contribution in [0.15, 0.2) is 9.52 Å². The fourth-order valence-electron chi connectivity index (χ4n) is 4.63. The van der Waals surface area contributed by atoms with Gasteiger partial charge in [-0.15, -0.1) is 0 Å². The molecular weight excluding hydrogens is 370 g/mol. The van der Waals surface area contributed by atoms with Crippen molar-refractivity contribution in [2.75, 3.05) is 38.2 Å². The summed E-state index contributed by atoms with van der Waals surface area (Å²) in [6.07, 6.45) is 8.43. The van der Waals surface area contributed by atoms with Gasteiger partial charge >= 0.3 is 0 Å². The van der Waals surface area contributed by atoms with Crippen LogP contribution in [0, 0.1) is 0 Å². The van der Waals surface area contributed by atoms with E-state index in [4.69, 9.17) is 4.52 Å². The third kappa shape index (κ3) is 5.03. The molecule has 0 atom stereocenters. The summed E-state index contributed by atoms with van der Waals surface area (Å²) in [6, 6.07) is 0. The van der Waals surface area contributed by atoms with Crippen molar-refractivity contribution in [2.24, 2.45) is 4.99 Å². The summed E-state index contributed by atoms with van der Waals surface area (Å²) in [5.41, 5.74) is 2.53. The van der Waals surface area contributed by atoms with E-state index in [-0.39, 0.29) is 5.54 Å². The maximum absolute atomic E-state index is 5.49. The number of aryl methyl sites for hydroxylation is 2. The molecule has 2 aliphatic rings. The van der Waals surface area contributed by atoms with Gasteiger partial charge < -0.3 is 15.2 Å². The van der Waals surface area contributed by atoms with Crippen molar-refractivity contribution in [1.82, 2.24) is 20.7 Å². The Morgan fingerprint density at radius 2 is 1.89 bits per heavy atom. The van der Waals surface area contributed by atoms with Crippen LogP contribution >= 0.6 is 11.8 Å². The number of hydrogen-bond acceptors (Lipinski definition) is 5. The molecule has 0 amide bonds. The first-order valence-electron chi connectivity index (χ1n) is 11.0. The molecule has 3 rings (SSSR count). The number of aromatic nitrogens is 1. The molecule has 0 aromatic carbocycles. The zero-order valence-electron chi connectivity index (χ0n) is 17.9. The van der Waals surface area contributed by atoms with Crippen LogP contribution < -0.4 is 10.6 Å². The Morgan fingerprint density at radius 1 is 1.14 bits per heavy atom. The molecule has 0 unspecified atom stereocenters. The van der Waals surface area contributed by atoms with Gasteiger partial charge in [0.25, 0.3) is 0 Å². The van der Waals surface area contributed by atoms with Gasteiger partial charge in [-0.2, -0.15) is 11.8 Å². The highest BCUT2D eigenvalue weighted by Crippen LogP contribution is 2.34. The number of hydrogen-bond donors (Lipinski definition) is 2. The first-order valence-corrected chi connectivity index (χ1v) is 12.1. The first-order chi connectivity index (χ1) is 13.7. The minimum Gasteiger partial charge on any atom is -0.361 e. The van der Waals surface area contributed by atoms with Crippen molar-refractivity contribution in [2.45, 2.75) is 70.9 Å². The van der Waals surface area contributed by atoms with E-state index in [0.717, 1.165) is 36.8 Å². The standard InChI is InChI=1S/C21H37N5OS/c1-4-18-17(19(5-2)27-25-18)15-23-20(22-3)24-16-21(9-7-6-8-10-21)26-11-13-28-14-12-26/h4-16H2,1-3H3,(H2,22,23,24). The fourth-order valence-corrected chi connectivity index (χ4v) is 5.53. The zero-order chi connectivity index (χ0) is 19.8. The molecule has 1 aliphatic heterocycles. The summed E-state index contributed by atoms with van der Waals surface area (Å²) in [5.74, 6) is 4.39. The van der Waals surface area contributed by atoms with Gasteiger partial charge in [0.1, 0.15) is 5.76 Å². The summed E-state index contributed by atoms with van der Waals surface area (Å²) >= 11 is 2.09. The Labute approximate surface area is 174 Å². The second kappa shape index (κ2) is 10.5. The number of nitrogens with one attached hydrogen (secondary N) is 2. The highest BCUT2D eigenvalue weighted by Gasteiger charge is 2.38. The maximum Gasteiger partial charge on any atom is 0.191 e. The van der Waals surface area contributed by atoms with Gasteiger partial charge in [-0.1, -0.05) is 38.3 Å². The Hall–Kier alpha value is -1.21. The van der Waals surface area contributed by atoms with E-state index in [1.807, 2.05) is 7.05 Å². The van der Waals surface area contributed by atoms with Crippen LogP contribution in [-0.2, 0) is 19.4 Å².